The highest BCUT2D eigenvalue weighted by Gasteiger charge is 2.35. The topological polar surface area (TPSA) is 102 Å². The summed E-state index contributed by atoms with van der Waals surface area (Å²) in [6.07, 6.45) is 1.26. The van der Waals surface area contributed by atoms with Gasteiger partial charge in [0.05, 0.1) is 13.2 Å². The van der Waals surface area contributed by atoms with E-state index in [1.807, 2.05) is 36.1 Å². The maximum Gasteiger partial charge on any atom is 0.255 e. The average molecular weight is 601 g/mol. The van der Waals surface area contributed by atoms with Gasteiger partial charge in [0.25, 0.3) is 5.91 Å². The Bertz CT molecular complexity index is 1650. The molecule has 0 spiro atoms. The second kappa shape index (κ2) is 12.3. The van der Waals surface area contributed by atoms with Crippen molar-refractivity contribution in [3.05, 3.63) is 78.2 Å². The van der Waals surface area contributed by atoms with Gasteiger partial charge in [-0.15, -0.1) is 0 Å². The molecule has 12 heteroatoms. The smallest absolute Gasteiger partial charge is 0.255 e. The van der Waals surface area contributed by atoms with Gasteiger partial charge in [-0.1, -0.05) is 24.3 Å². The first-order valence-electron chi connectivity index (χ1n) is 14.8. The van der Waals surface area contributed by atoms with E-state index < -0.39 is 11.7 Å². The maximum absolute atomic E-state index is 14.5. The van der Waals surface area contributed by atoms with Gasteiger partial charge < -0.3 is 34.1 Å². The standard InChI is InChI=1S/C32H33FN6O5/c1-21-42-32(43-21)39-12-10-38(11-13-39)31-34-9-8-29(36-31)44-28-7-6-27(25-4-2-3-5-26(25)28)35-30(40)22-18-23(33)20-24(19-22)37-14-16-41-17-15-37/h2-9,18-21,32H,10-17H2,1H3,(H,35,40). The van der Waals surface area contributed by atoms with Crippen molar-refractivity contribution in [1.29, 1.82) is 0 Å². The number of hydrogen-bond donors (Lipinski definition) is 1. The van der Waals surface area contributed by atoms with Crippen LogP contribution in [0.15, 0.2) is 66.9 Å². The maximum atomic E-state index is 14.5. The molecule has 3 aromatic carbocycles. The SMILES string of the molecule is CC1OC(N2CCN(c3nccc(Oc4ccc(NC(=O)c5cc(F)cc(N6CCOCC6)c5)c5ccccc45)n3)CC2)O1. The first kappa shape index (κ1) is 28.4. The van der Waals surface area contributed by atoms with Crippen molar-refractivity contribution in [1.82, 2.24) is 14.9 Å². The number of fused-ring (bicyclic) bond motifs is 1. The van der Waals surface area contributed by atoms with E-state index in [0.29, 0.717) is 55.3 Å². The summed E-state index contributed by atoms with van der Waals surface area (Å²) in [4.78, 5) is 28.7. The third-order valence-electron chi connectivity index (χ3n) is 8.00. The number of halogens is 1. The van der Waals surface area contributed by atoms with E-state index in [0.717, 1.165) is 37.0 Å². The number of aromatic nitrogens is 2. The Morgan fingerprint density at radius 3 is 2.48 bits per heavy atom. The predicted molar refractivity (Wildman–Crippen MR) is 163 cm³/mol. The number of morpholine rings is 1. The Balaban J connectivity index is 1.07. The van der Waals surface area contributed by atoms with Crippen molar-refractivity contribution in [2.24, 2.45) is 0 Å². The van der Waals surface area contributed by atoms with Crippen LogP contribution < -0.4 is 19.9 Å². The van der Waals surface area contributed by atoms with Crippen LogP contribution in [-0.2, 0) is 14.2 Å². The molecule has 228 valence electrons. The minimum absolute atomic E-state index is 0.154. The number of carbonyl (C=O) groups is 1. The largest absolute Gasteiger partial charge is 0.438 e. The number of nitrogens with zero attached hydrogens (tertiary/aromatic N) is 5. The lowest BCUT2D eigenvalue weighted by molar-refractivity contribution is -0.422. The summed E-state index contributed by atoms with van der Waals surface area (Å²) < 4.78 is 37.4. The second-order valence-electron chi connectivity index (χ2n) is 10.9. The summed E-state index contributed by atoms with van der Waals surface area (Å²) in [6, 6.07) is 17.3. The van der Waals surface area contributed by atoms with E-state index in [1.165, 1.54) is 12.1 Å². The number of nitrogens with one attached hydrogen (secondary N) is 1. The molecule has 7 rings (SSSR count). The van der Waals surface area contributed by atoms with Gasteiger partial charge in [0.1, 0.15) is 11.6 Å². The van der Waals surface area contributed by atoms with Crippen LogP contribution in [0.1, 0.15) is 17.3 Å². The highest BCUT2D eigenvalue weighted by Crippen LogP contribution is 2.35. The van der Waals surface area contributed by atoms with E-state index in [1.54, 1.807) is 30.5 Å². The summed E-state index contributed by atoms with van der Waals surface area (Å²) in [5.41, 5.74) is 1.49. The van der Waals surface area contributed by atoms with Crippen molar-refractivity contribution in [3.63, 3.8) is 0 Å². The number of ether oxygens (including phenoxy) is 4. The number of amides is 1. The Morgan fingerprint density at radius 2 is 1.70 bits per heavy atom. The zero-order valence-electron chi connectivity index (χ0n) is 24.3. The minimum Gasteiger partial charge on any atom is -0.438 e. The number of piperazine rings is 1. The average Bonchev–Trinajstić information content (AvgIpc) is 3.05. The van der Waals surface area contributed by atoms with E-state index in [4.69, 9.17) is 18.9 Å². The summed E-state index contributed by atoms with van der Waals surface area (Å²) in [7, 11) is 0. The molecule has 1 N–H and O–H groups in total. The summed E-state index contributed by atoms with van der Waals surface area (Å²) in [6.45, 7) is 7.32. The molecule has 4 heterocycles. The van der Waals surface area contributed by atoms with Crippen molar-refractivity contribution in [2.45, 2.75) is 19.6 Å². The predicted octanol–water partition coefficient (Wildman–Crippen LogP) is 4.45. The molecule has 3 aliphatic rings. The minimum atomic E-state index is -0.463. The molecule has 0 unspecified atom stereocenters. The first-order valence-corrected chi connectivity index (χ1v) is 14.8. The van der Waals surface area contributed by atoms with Gasteiger partial charge in [-0.3, -0.25) is 9.69 Å². The fourth-order valence-corrected chi connectivity index (χ4v) is 5.67. The highest BCUT2D eigenvalue weighted by molar-refractivity contribution is 6.10. The molecule has 11 nitrogen and oxygen atoms in total. The van der Waals surface area contributed by atoms with Gasteiger partial charge in [-0.25, -0.2) is 9.37 Å². The Kier molecular flexibility index (Phi) is 7.96. The van der Waals surface area contributed by atoms with Gasteiger partial charge in [0.15, 0.2) is 6.29 Å². The van der Waals surface area contributed by atoms with Gasteiger partial charge in [-0.2, -0.15) is 4.98 Å². The quantitative estimate of drug-likeness (QED) is 0.328. The number of carbonyl (C=O) groups excluding carboxylic acids is 1. The molecule has 4 aromatic rings. The van der Waals surface area contributed by atoms with Crippen LogP contribution in [-0.4, -0.2) is 86.0 Å². The lowest BCUT2D eigenvalue weighted by Gasteiger charge is -2.44. The number of rotatable bonds is 7. The Hall–Kier alpha value is -4.36. The van der Waals surface area contributed by atoms with Crippen LogP contribution in [0.4, 0.5) is 21.7 Å². The fourth-order valence-electron chi connectivity index (χ4n) is 5.67. The molecule has 1 aromatic heterocycles. The molecular weight excluding hydrogens is 567 g/mol. The van der Waals surface area contributed by atoms with Crippen LogP contribution in [0.2, 0.25) is 0 Å². The first-order chi connectivity index (χ1) is 21.5. The van der Waals surface area contributed by atoms with Crippen LogP contribution in [0.3, 0.4) is 0 Å². The third-order valence-corrected chi connectivity index (χ3v) is 8.00. The number of hydrogen-bond acceptors (Lipinski definition) is 10. The monoisotopic (exact) mass is 600 g/mol. The molecule has 0 saturated carbocycles. The van der Waals surface area contributed by atoms with E-state index >= 15 is 0 Å². The zero-order chi connectivity index (χ0) is 30.0. The molecule has 1 amide bonds. The molecule has 44 heavy (non-hydrogen) atoms. The molecule has 3 fully saturated rings. The third kappa shape index (κ3) is 6.02. The normalized spacial score (nSPS) is 20.8. The van der Waals surface area contributed by atoms with Gasteiger partial charge in [0, 0.05) is 79.2 Å². The Labute approximate surface area is 254 Å². The van der Waals surface area contributed by atoms with E-state index in [9.17, 15) is 9.18 Å². The summed E-state index contributed by atoms with van der Waals surface area (Å²) >= 11 is 0. The van der Waals surface area contributed by atoms with Crippen molar-refractivity contribution < 1.29 is 28.1 Å². The summed E-state index contributed by atoms with van der Waals surface area (Å²) in [5, 5.41) is 4.54. The zero-order valence-corrected chi connectivity index (χ0v) is 24.3. The number of benzene rings is 3. The lowest BCUT2D eigenvalue weighted by atomic mass is 10.1. The highest BCUT2D eigenvalue weighted by atomic mass is 19.1. The summed E-state index contributed by atoms with van der Waals surface area (Å²) in [5.74, 6) is 0.722. The molecule has 0 bridgehead atoms. The van der Waals surface area contributed by atoms with Crippen LogP contribution in [0.25, 0.3) is 10.8 Å². The molecule has 3 saturated heterocycles. The van der Waals surface area contributed by atoms with E-state index in [2.05, 4.69) is 25.1 Å². The van der Waals surface area contributed by atoms with Crippen LogP contribution in [0, 0.1) is 5.82 Å². The van der Waals surface area contributed by atoms with Crippen LogP contribution in [0.5, 0.6) is 11.6 Å². The molecule has 0 radical (unpaired) electrons. The second-order valence-corrected chi connectivity index (χ2v) is 10.9. The van der Waals surface area contributed by atoms with Gasteiger partial charge >= 0.3 is 0 Å². The lowest BCUT2D eigenvalue weighted by Crippen LogP contribution is -2.57. The number of anilines is 3. The molecule has 3 aliphatic heterocycles. The molecule has 0 atom stereocenters. The fraction of sp³-hybridized carbons (Fsp3) is 0.344. The van der Waals surface area contributed by atoms with Gasteiger partial charge in [0.2, 0.25) is 18.2 Å². The molecule has 0 aliphatic carbocycles. The van der Waals surface area contributed by atoms with Crippen molar-refractivity contribution in [2.75, 3.05) is 67.6 Å². The van der Waals surface area contributed by atoms with Gasteiger partial charge in [-0.05, 0) is 37.3 Å². The van der Waals surface area contributed by atoms with Crippen LogP contribution >= 0.6 is 0 Å². The molecular formula is C32H33FN6O5. The Morgan fingerprint density at radius 1 is 0.932 bits per heavy atom. The van der Waals surface area contributed by atoms with Crippen molar-refractivity contribution >= 4 is 34.0 Å². The van der Waals surface area contributed by atoms with Crippen molar-refractivity contribution in [3.8, 4) is 11.6 Å². The van der Waals surface area contributed by atoms with E-state index in [-0.39, 0.29) is 18.3 Å².